The normalized spacial score (nSPS) is 15.7. The van der Waals surface area contributed by atoms with Crippen LogP contribution < -0.4 is 14.8 Å². The molecule has 8 nitrogen and oxygen atoms in total. The third-order valence-corrected chi connectivity index (χ3v) is 5.27. The largest absolute Gasteiger partial charge is 0.493 e. The lowest BCUT2D eigenvalue weighted by Crippen LogP contribution is -2.19. The number of halogens is 1. The van der Waals surface area contributed by atoms with Crippen LogP contribution in [0.25, 0.3) is 6.08 Å². The number of methoxy groups -OCH3 is 1. The van der Waals surface area contributed by atoms with Crippen molar-refractivity contribution in [1.82, 2.24) is 5.32 Å². The number of carbonyl (C=O) groups is 1. The average molecular weight is 488 g/mol. The van der Waals surface area contributed by atoms with Crippen molar-refractivity contribution in [3.05, 3.63) is 61.5 Å². The molecule has 1 heterocycles. The highest BCUT2D eigenvalue weighted by atomic mass is 79.9. The van der Waals surface area contributed by atoms with Crippen LogP contribution in [-0.4, -0.2) is 29.7 Å². The van der Waals surface area contributed by atoms with Crippen molar-refractivity contribution in [2.75, 3.05) is 13.7 Å². The van der Waals surface area contributed by atoms with Crippen LogP contribution >= 0.6 is 27.7 Å². The molecule has 3 rings (SSSR count). The number of hydrogen-bond acceptors (Lipinski definition) is 7. The maximum Gasteiger partial charge on any atom is 0.271 e. The summed E-state index contributed by atoms with van der Waals surface area (Å²) in [4.78, 5) is 27.4. The van der Waals surface area contributed by atoms with Gasteiger partial charge >= 0.3 is 0 Å². The number of rotatable bonds is 6. The van der Waals surface area contributed by atoms with Gasteiger partial charge in [-0.25, -0.2) is 4.99 Å². The highest BCUT2D eigenvalue weighted by molar-refractivity contribution is 9.10. The molecule has 0 aromatic heterocycles. The lowest BCUT2D eigenvalue weighted by atomic mass is 10.2. The molecule has 0 atom stereocenters. The van der Waals surface area contributed by atoms with Gasteiger partial charge in [-0.3, -0.25) is 14.9 Å². The Hall–Kier alpha value is -3.29. The molecule has 152 valence electrons. The van der Waals surface area contributed by atoms with Gasteiger partial charge in [0.25, 0.3) is 11.6 Å². The second-order valence-corrected chi connectivity index (χ2v) is 7.67. The van der Waals surface area contributed by atoms with Gasteiger partial charge in [0, 0.05) is 12.1 Å². The van der Waals surface area contributed by atoms with Crippen molar-refractivity contribution >= 4 is 56.2 Å². The number of ether oxygens (including phenoxy) is 2. The molecular weight excluding hydrogens is 474 g/mol. The number of nitro benzene ring substituents is 1. The van der Waals surface area contributed by atoms with Gasteiger partial charge in [-0.05, 0) is 57.5 Å². The van der Waals surface area contributed by atoms with E-state index in [4.69, 9.17) is 15.9 Å². The molecule has 1 aliphatic rings. The lowest BCUT2D eigenvalue weighted by Gasteiger charge is -2.12. The fraction of sp³-hybridized carbons (Fsp3) is 0.100. The minimum Gasteiger partial charge on any atom is -0.493 e. The molecule has 0 spiro atoms. The van der Waals surface area contributed by atoms with E-state index in [1.54, 1.807) is 24.3 Å². The number of non-ortho nitro benzene ring substituents is 1. The number of aliphatic imine (C=N–C) groups is 1. The van der Waals surface area contributed by atoms with E-state index in [1.807, 2.05) is 0 Å². The van der Waals surface area contributed by atoms with Crippen LogP contribution in [0.2, 0.25) is 0 Å². The van der Waals surface area contributed by atoms with Gasteiger partial charge in [-0.1, -0.05) is 12.0 Å². The molecule has 30 heavy (non-hydrogen) atoms. The van der Waals surface area contributed by atoms with Crippen molar-refractivity contribution < 1.29 is 19.2 Å². The molecule has 1 N–H and O–H groups in total. The number of benzene rings is 2. The number of amidine groups is 1. The summed E-state index contributed by atoms with van der Waals surface area (Å²) >= 11 is 4.55. The maximum absolute atomic E-state index is 12.3. The van der Waals surface area contributed by atoms with Crippen LogP contribution in [-0.2, 0) is 4.79 Å². The zero-order valence-corrected chi connectivity index (χ0v) is 18.0. The second kappa shape index (κ2) is 9.47. The summed E-state index contributed by atoms with van der Waals surface area (Å²) in [5, 5.41) is 13.9. The summed E-state index contributed by atoms with van der Waals surface area (Å²) in [6.45, 7) is 0.0884. The fourth-order valence-corrected chi connectivity index (χ4v) is 3.92. The highest BCUT2D eigenvalue weighted by Crippen LogP contribution is 2.38. The van der Waals surface area contributed by atoms with E-state index in [2.05, 4.69) is 32.2 Å². The lowest BCUT2D eigenvalue weighted by molar-refractivity contribution is -0.384. The van der Waals surface area contributed by atoms with Crippen molar-refractivity contribution in [3.63, 3.8) is 0 Å². The Balaban J connectivity index is 1.86. The molecular formula is C20H14BrN3O5S. The number of hydrogen-bond donors (Lipinski definition) is 1. The van der Waals surface area contributed by atoms with E-state index in [1.165, 1.54) is 25.3 Å². The Kier molecular flexibility index (Phi) is 6.76. The molecule has 1 saturated heterocycles. The molecule has 0 saturated carbocycles. The molecule has 2 aromatic carbocycles. The van der Waals surface area contributed by atoms with Crippen LogP contribution in [0.15, 0.2) is 50.8 Å². The van der Waals surface area contributed by atoms with E-state index in [-0.39, 0.29) is 18.2 Å². The van der Waals surface area contributed by atoms with E-state index in [9.17, 15) is 14.9 Å². The Bertz CT molecular complexity index is 1120. The van der Waals surface area contributed by atoms with Crippen LogP contribution in [0.1, 0.15) is 5.56 Å². The summed E-state index contributed by atoms with van der Waals surface area (Å²) in [6.07, 6.45) is 6.91. The Morgan fingerprint density at radius 1 is 1.40 bits per heavy atom. The first-order valence-electron chi connectivity index (χ1n) is 8.39. The van der Waals surface area contributed by atoms with Gasteiger partial charge in [0.15, 0.2) is 16.7 Å². The molecule has 1 fully saturated rings. The Morgan fingerprint density at radius 2 is 2.20 bits per heavy atom. The van der Waals surface area contributed by atoms with Crippen molar-refractivity contribution in [2.45, 2.75) is 0 Å². The third-order valence-electron chi connectivity index (χ3n) is 3.77. The molecule has 1 amide bonds. The van der Waals surface area contributed by atoms with Crippen LogP contribution in [0.3, 0.4) is 0 Å². The summed E-state index contributed by atoms with van der Waals surface area (Å²) in [5.41, 5.74) is 0.986. The highest BCUT2D eigenvalue weighted by Gasteiger charge is 2.24. The molecule has 0 unspecified atom stereocenters. The van der Waals surface area contributed by atoms with Crippen molar-refractivity contribution in [1.29, 1.82) is 0 Å². The predicted octanol–water partition coefficient (Wildman–Crippen LogP) is 4.27. The SMILES string of the molecule is C#CCOc1c(Br)cc(/C=C2\SC(=Nc3cccc([N+](=O)[O-])c3)NC2=O)cc1OC. The first kappa shape index (κ1) is 21.4. The molecule has 0 bridgehead atoms. The fourth-order valence-electron chi connectivity index (χ4n) is 2.50. The molecule has 0 aliphatic carbocycles. The number of terminal acetylenes is 1. The second-order valence-electron chi connectivity index (χ2n) is 5.79. The van der Waals surface area contributed by atoms with Gasteiger partial charge in [-0.2, -0.15) is 0 Å². The number of thioether (sulfide) groups is 1. The summed E-state index contributed by atoms with van der Waals surface area (Å²) in [7, 11) is 1.50. The van der Waals surface area contributed by atoms with Crippen molar-refractivity contribution in [3.8, 4) is 23.8 Å². The van der Waals surface area contributed by atoms with Gasteiger partial charge in [-0.15, -0.1) is 6.42 Å². The molecule has 1 aliphatic heterocycles. The summed E-state index contributed by atoms with van der Waals surface area (Å²) < 4.78 is 11.5. The Morgan fingerprint density at radius 3 is 2.90 bits per heavy atom. The van der Waals surface area contributed by atoms with Gasteiger partial charge in [0.05, 0.1) is 27.1 Å². The van der Waals surface area contributed by atoms with Gasteiger partial charge in [0.1, 0.15) is 6.61 Å². The topological polar surface area (TPSA) is 103 Å². The molecule has 2 aromatic rings. The number of nitrogens with zero attached hydrogens (tertiary/aromatic N) is 2. The summed E-state index contributed by atoms with van der Waals surface area (Å²) in [6, 6.07) is 9.34. The zero-order chi connectivity index (χ0) is 21.7. The first-order chi connectivity index (χ1) is 14.4. The molecule has 0 radical (unpaired) electrons. The standard InChI is InChI=1S/C20H14BrN3O5S/c1-3-7-29-18-15(21)8-12(9-16(18)28-2)10-17-19(25)23-20(30-17)22-13-5-4-6-14(11-13)24(26)27/h1,4-6,8-11H,7H2,2H3,(H,22,23,25)/b17-10-. The van der Waals surface area contributed by atoms with Crippen molar-refractivity contribution in [2.24, 2.45) is 4.99 Å². The van der Waals surface area contributed by atoms with E-state index >= 15 is 0 Å². The average Bonchev–Trinajstić information content (AvgIpc) is 3.05. The summed E-state index contributed by atoms with van der Waals surface area (Å²) in [5.74, 6) is 2.99. The number of nitrogens with one attached hydrogen (secondary N) is 1. The van der Waals surface area contributed by atoms with E-state index in [0.29, 0.717) is 37.3 Å². The first-order valence-corrected chi connectivity index (χ1v) is 10.00. The van der Waals surface area contributed by atoms with Gasteiger partial charge < -0.3 is 14.8 Å². The number of nitro groups is 1. The van der Waals surface area contributed by atoms with E-state index < -0.39 is 4.92 Å². The number of amides is 1. The minimum absolute atomic E-state index is 0.0778. The molecule has 10 heteroatoms. The van der Waals surface area contributed by atoms with E-state index in [0.717, 1.165) is 11.8 Å². The minimum atomic E-state index is -0.502. The van der Waals surface area contributed by atoms with Crippen LogP contribution in [0.5, 0.6) is 11.5 Å². The number of carbonyl (C=O) groups excluding carboxylic acids is 1. The van der Waals surface area contributed by atoms with Crippen LogP contribution in [0.4, 0.5) is 11.4 Å². The maximum atomic E-state index is 12.3. The van der Waals surface area contributed by atoms with Crippen LogP contribution in [0, 0.1) is 22.5 Å². The smallest absolute Gasteiger partial charge is 0.271 e. The van der Waals surface area contributed by atoms with Gasteiger partial charge in [0.2, 0.25) is 0 Å². The third kappa shape index (κ3) is 5.00. The zero-order valence-electron chi connectivity index (χ0n) is 15.5. The quantitative estimate of drug-likeness (QED) is 0.282. The monoisotopic (exact) mass is 487 g/mol. The Labute approximate surface area is 184 Å². The predicted molar refractivity (Wildman–Crippen MR) is 119 cm³/mol.